The fourth-order valence-corrected chi connectivity index (χ4v) is 3.43. The number of morpholine rings is 1. The monoisotopic (exact) mass is 261 g/mol. The van der Waals surface area contributed by atoms with Gasteiger partial charge in [-0.1, -0.05) is 0 Å². The Balaban J connectivity index is 1.58. The summed E-state index contributed by atoms with van der Waals surface area (Å²) >= 11 is 0. The molecule has 0 spiro atoms. The van der Waals surface area contributed by atoms with Crippen molar-refractivity contribution in [3.05, 3.63) is 24.0 Å². The lowest BCUT2D eigenvalue weighted by atomic mass is 9.82. The molecule has 1 aliphatic heterocycles. The second-order valence-electron chi connectivity index (χ2n) is 5.63. The van der Waals surface area contributed by atoms with E-state index in [9.17, 15) is 0 Å². The first kappa shape index (κ1) is 12.9. The molecule has 0 atom stereocenters. The summed E-state index contributed by atoms with van der Waals surface area (Å²) < 4.78 is 5.43. The average Bonchev–Trinajstić information content (AvgIpc) is 2.49. The molecular formula is C15H23N3O. The largest absolute Gasteiger partial charge is 0.397 e. The van der Waals surface area contributed by atoms with Crippen LogP contribution in [0.5, 0.6) is 0 Å². The number of hydrogen-bond acceptors (Lipinski definition) is 4. The molecule has 2 aliphatic rings. The maximum Gasteiger partial charge on any atom is 0.0663 e. The van der Waals surface area contributed by atoms with Gasteiger partial charge in [0.2, 0.25) is 0 Å². The summed E-state index contributed by atoms with van der Waals surface area (Å²) in [4.78, 5) is 7.08. The summed E-state index contributed by atoms with van der Waals surface area (Å²) in [6.45, 7) is 3.99. The van der Waals surface area contributed by atoms with Crippen LogP contribution in [0.3, 0.4) is 0 Å². The Morgan fingerprint density at radius 2 is 1.89 bits per heavy atom. The second kappa shape index (κ2) is 5.88. The highest BCUT2D eigenvalue weighted by Gasteiger charge is 2.28. The molecule has 4 nitrogen and oxygen atoms in total. The molecule has 0 bridgehead atoms. The highest BCUT2D eigenvalue weighted by Crippen LogP contribution is 2.36. The van der Waals surface area contributed by atoms with E-state index in [2.05, 4.69) is 9.88 Å². The fourth-order valence-electron chi connectivity index (χ4n) is 3.43. The van der Waals surface area contributed by atoms with Gasteiger partial charge in [0.05, 0.1) is 24.6 Å². The van der Waals surface area contributed by atoms with Crippen molar-refractivity contribution in [3.63, 3.8) is 0 Å². The van der Waals surface area contributed by atoms with E-state index in [1.54, 1.807) is 0 Å². The van der Waals surface area contributed by atoms with Crippen molar-refractivity contribution in [1.29, 1.82) is 0 Å². The molecule has 1 aliphatic carbocycles. The van der Waals surface area contributed by atoms with Crippen molar-refractivity contribution in [2.75, 3.05) is 32.0 Å². The molecule has 0 radical (unpaired) electrons. The number of rotatable bonds is 2. The molecule has 2 heterocycles. The maximum absolute atomic E-state index is 6.04. The zero-order valence-corrected chi connectivity index (χ0v) is 11.4. The van der Waals surface area contributed by atoms with Crippen LogP contribution in [0.4, 0.5) is 5.69 Å². The third-order valence-corrected chi connectivity index (χ3v) is 4.52. The first-order valence-electron chi connectivity index (χ1n) is 7.37. The Kier molecular flexibility index (Phi) is 3.99. The lowest BCUT2D eigenvalue weighted by Crippen LogP contribution is -2.44. The lowest BCUT2D eigenvalue weighted by Gasteiger charge is -2.38. The Bertz CT molecular complexity index is 410. The second-order valence-corrected chi connectivity index (χ2v) is 5.63. The number of aromatic nitrogens is 1. The van der Waals surface area contributed by atoms with Gasteiger partial charge in [-0.25, -0.2) is 0 Å². The molecule has 0 amide bonds. The molecule has 1 aromatic heterocycles. The molecular weight excluding hydrogens is 238 g/mol. The fraction of sp³-hybridized carbons (Fsp3) is 0.667. The number of anilines is 1. The van der Waals surface area contributed by atoms with Gasteiger partial charge in [0.15, 0.2) is 0 Å². The summed E-state index contributed by atoms with van der Waals surface area (Å²) in [5.41, 5.74) is 8.01. The van der Waals surface area contributed by atoms with Crippen LogP contribution in [0.25, 0.3) is 0 Å². The summed E-state index contributed by atoms with van der Waals surface area (Å²) in [6.07, 6.45) is 6.81. The van der Waals surface area contributed by atoms with Gasteiger partial charge in [0, 0.05) is 31.2 Å². The van der Waals surface area contributed by atoms with E-state index in [1.807, 2.05) is 18.3 Å². The van der Waals surface area contributed by atoms with E-state index in [-0.39, 0.29) is 0 Å². The van der Waals surface area contributed by atoms with Crippen LogP contribution < -0.4 is 5.73 Å². The van der Waals surface area contributed by atoms with Crippen LogP contribution in [-0.4, -0.2) is 42.2 Å². The Labute approximate surface area is 115 Å². The Hall–Kier alpha value is -1.13. The highest BCUT2D eigenvalue weighted by atomic mass is 16.5. The maximum atomic E-state index is 6.04. The molecule has 2 N–H and O–H groups in total. The summed E-state index contributed by atoms with van der Waals surface area (Å²) in [6, 6.07) is 4.62. The van der Waals surface area contributed by atoms with Crippen molar-refractivity contribution < 1.29 is 4.74 Å². The van der Waals surface area contributed by atoms with Crippen LogP contribution in [0.15, 0.2) is 18.3 Å². The summed E-state index contributed by atoms with van der Waals surface area (Å²) in [5.74, 6) is 0.554. The van der Waals surface area contributed by atoms with E-state index in [1.165, 1.54) is 25.7 Å². The van der Waals surface area contributed by atoms with E-state index in [4.69, 9.17) is 10.5 Å². The van der Waals surface area contributed by atoms with E-state index >= 15 is 0 Å². The predicted octanol–water partition coefficient (Wildman–Crippen LogP) is 2.02. The number of nitrogens with zero attached hydrogens (tertiary/aromatic N) is 2. The summed E-state index contributed by atoms with van der Waals surface area (Å²) in [7, 11) is 0. The molecule has 1 aromatic rings. The zero-order chi connectivity index (χ0) is 13.1. The van der Waals surface area contributed by atoms with Gasteiger partial charge in [0.1, 0.15) is 0 Å². The van der Waals surface area contributed by atoms with Gasteiger partial charge in [-0.05, 0) is 37.8 Å². The van der Waals surface area contributed by atoms with Crippen LogP contribution in [0, 0.1) is 0 Å². The molecule has 104 valence electrons. The molecule has 4 heteroatoms. The number of nitrogen functional groups attached to an aromatic ring is 1. The molecule has 2 fully saturated rings. The molecule has 1 saturated heterocycles. The van der Waals surface area contributed by atoms with Crippen molar-refractivity contribution in [2.45, 2.75) is 37.6 Å². The zero-order valence-electron chi connectivity index (χ0n) is 11.4. The topological polar surface area (TPSA) is 51.4 Å². The first-order chi connectivity index (χ1) is 9.34. The number of hydrogen-bond donors (Lipinski definition) is 1. The molecule has 3 rings (SSSR count). The minimum absolute atomic E-state index is 0.554. The van der Waals surface area contributed by atoms with Gasteiger partial charge in [-0.3, -0.25) is 9.88 Å². The van der Waals surface area contributed by atoms with Crippen LogP contribution in [0.2, 0.25) is 0 Å². The van der Waals surface area contributed by atoms with Crippen molar-refractivity contribution in [2.24, 2.45) is 0 Å². The molecule has 0 unspecified atom stereocenters. The van der Waals surface area contributed by atoms with Gasteiger partial charge >= 0.3 is 0 Å². The highest BCUT2D eigenvalue weighted by molar-refractivity contribution is 5.44. The van der Waals surface area contributed by atoms with E-state index in [0.29, 0.717) is 5.92 Å². The molecule has 0 aromatic carbocycles. The minimum Gasteiger partial charge on any atom is -0.397 e. The number of ether oxygens (including phenoxy) is 1. The van der Waals surface area contributed by atoms with Crippen LogP contribution in [0.1, 0.15) is 37.3 Å². The van der Waals surface area contributed by atoms with Crippen molar-refractivity contribution in [1.82, 2.24) is 9.88 Å². The number of nitrogens with two attached hydrogens (primary N) is 1. The van der Waals surface area contributed by atoms with Gasteiger partial charge in [-0.2, -0.15) is 0 Å². The lowest BCUT2D eigenvalue weighted by molar-refractivity contribution is 0.00723. The standard InChI is InChI=1S/C15H23N3O/c16-14-2-1-7-17-15(14)12-3-5-13(6-4-12)18-8-10-19-11-9-18/h1-2,7,12-13H,3-6,8-11,16H2. The van der Waals surface area contributed by atoms with E-state index in [0.717, 1.165) is 43.7 Å². The third kappa shape index (κ3) is 2.90. The predicted molar refractivity (Wildman–Crippen MR) is 76.0 cm³/mol. The first-order valence-corrected chi connectivity index (χ1v) is 7.37. The Morgan fingerprint density at radius 1 is 1.16 bits per heavy atom. The Morgan fingerprint density at radius 3 is 2.58 bits per heavy atom. The van der Waals surface area contributed by atoms with Gasteiger partial charge < -0.3 is 10.5 Å². The third-order valence-electron chi connectivity index (χ3n) is 4.52. The quantitative estimate of drug-likeness (QED) is 0.885. The SMILES string of the molecule is Nc1cccnc1C1CCC(N2CCOCC2)CC1. The van der Waals surface area contributed by atoms with Gasteiger partial charge in [-0.15, -0.1) is 0 Å². The smallest absolute Gasteiger partial charge is 0.0663 e. The van der Waals surface area contributed by atoms with Gasteiger partial charge in [0.25, 0.3) is 0 Å². The van der Waals surface area contributed by atoms with Crippen molar-refractivity contribution >= 4 is 5.69 Å². The van der Waals surface area contributed by atoms with Crippen LogP contribution >= 0.6 is 0 Å². The van der Waals surface area contributed by atoms with E-state index < -0.39 is 0 Å². The normalized spacial score (nSPS) is 29.3. The number of pyridine rings is 1. The van der Waals surface area contributed by atoms with Crippen molar-refractivity contribution in [3.8, 4) is 0 Å². The molecule has 1 saturated carbocycles. The average molecular weight is 261 g/mol. The molecule has 19 heavy (non-hydrogen) atoms. The van der Waals surface area contributed by atoms with Crippen LogP contribution in [-0.2, 0) is 4.74 Å². The minimum atomic E-state index is 0.554. The summed E-state index contributed by atoms with van der Waals surface area (Å²) in [5, 5.41) is 0.